The fourth-order valence-electron chi connectivity index (χ4n) is 3.07. The Morgan fingerprint density at radius 3 is 2.37 bits per heavy atom. The van der Waals surface area contributed by atoms with Gasteiger partial charge in [0.15, 0.2) is 0 Å². The smallest absolute Gasteiger partial charge is 0.366 e. The second-order valence-corrected chi connectivity index (χ2v) is 6.51. The highest BCUT2D eigenvalue weighted by atomic mass is 35.5. The van der Waals surface area contributed by atoms with Gasteiger partial charge in [-0.15, -0.1) is 0 Å². The molecule has 1 amide bonds. The van der Waals surface area contributed by atoms with Gasteiger partial charge in [0.05, 0.1) is 21.8 Å². The molecule has 140 valence electrons. The second kappa shape index (κ2) is 7.49. The van der Waals surface area contributed by atoms with Gasteiger partial charge in [0.2, 0.25) is 0 Å². The van der Waals surface area contributed by atoms with Gasteiger partial charge in [0.25, 0.3) is 5.91 Å². The molecule has 3 rings (SSSR count). The van der Waals surface area contributed by atoms with Crippen LogP contribution in [0, 0.1) is 11.3 Å². The van der Waals surface area contributed by atoms with Crippen LogP contribution in [0.1, 0.15) is 21.5 Å². The summed E-state index contributed by atoms with van der Waals surface area (Å²) >= 11 is 6.22. The van der Waals surface area contributed by atoms with E-state index >= 15 is 0 Å². The summed E-state index contributed by atoms with van der Waals surface area (Å²) in [6, 6.07) is 11.6. The van der Waals surface area contributed by atoms with Crippen molar-refractivity contribution in [1.29, 1.82) is 5.26 Å². The lowest BCUT2D eigenvalue weighted by atomic mass is 10.1. The number of amides is 1. The molecule has 1 aliphatic rings. The quantitative estimate of drug-likeness (QED) is 0.768. The average molecular weight is 394 g/mol. The number of rotatable bonds is 2. The van der Waals surface area contributed by atoms with E-state index < -0.39 is 17.6 Å². The summed E-state index contributed by atoms with van der Waals surface area (Å²) in [5.41, 5.74) is 0.225. The number of carbonyl (C=O) groups is 1. The minimum atomic E-state index is -4.49. The number of piperazine rings is 1. The molecule has 4 nitrogen and oxygen atoms in total. The summed E-state index contributed by atoms with van der Waals surface area (Å²) in [6.45, 7) is 1.52. The molecular formula is C19H15ClF3N3O. The van der Waals surface area contributed by atoms with Gasteiger partial charge in [-0.3, -0.25) is 4.79 Å². The highest BCUT2D eigenvalue weighted by molar-refractivity contribution is 6.33. The van der Waals surface area contributed by atoms with Crippen molar-refractivity contribution in [2.45, 2.75) is 6.18 Å². The van der Waals surface area contributed by atoms with E-state index in [1.165, 1.54) is 17.0 Å². The molecule has 0 aliphatic carbocycles. The Balaban J connectivity index is 1.73. The van der Waals surface area contributed by atoms with E-state index in [9.17, 15) is 23.2 Å². The molecule has 2 aromatic carbocycles. The van der Waals surface area contributed by atoms with Gasteiger partial charge in [-0.1, -0.05) is 23.7 Å². The molecule has 1 saturated heterocycles. The van der Waals surface area contributed by atoms with Crippen molar-refractivity contribution in [3.63, 3.8) is 0 Å². The van der Waals surface area contributed by atoms with E-state index in [1.807, 2.05) is 4.90 Å². The molecule has 0 atom stereocenters. The molecule has 1 fully saturated rings. The summed E-state index contributed by atoms with van der Waals surface area (Å²) in [7, 11) is 0. The summed E-state index contributed by atoms with van der Waals surface area (Å²) in [5, 5.41) is 9.71. The van der Waals surface area contributed by atoms with Crippen molar-refractivity contribution < 1.29 is 18.0 Å². The lowest BCUT2D eigenvalue weighted by Crippen LogP contribution is -2.49. The third-order valence-corrected chi connectivity index (χ3v) is 4.73. The fraction of sp³-hybridized carbons (Fsp3) is 0.263. The van der Waals surface area contributed by atoms with E-state index in [2.05, 4.69) is 6.07 Å². The van der Waals surface area contributed by atoms with Gasteiger partial charge < -0.3 is 9.80 Å². The molecule has 0 aromatic heterocycles. The van der Waals surface area contributed by atoms with Gasteiger partial charge in [-0.25, -0.2) is 0 Å². The van der Waals surface area contributed by atoms with Crippen LogP contribution in [0.4, 0.5) is 18.9 Å². The predicted molar refractivity (Wildman–Crippen MR) is 95.7 cm³/mol. The van der Waals surface area contributed by atoms with E-state index in [-0.39, 0.29) is 5.56 Å². The van der Waals surface area contributed by atoms with Crippen molar-refractivity contribution >= 4 is 23.2 Å². The molecule has 0 unspecified atom stereocenters. The molecule has 0 N–H and O–H groups in total. The molecule has 1 heterocycles. The van der Waals surface area contributed by atoms with Crippen molar-refractivity contribution in [3.05, 3.63) is 64.2 Å². The van der Waals surface area contributed by atoms with E-state index in [0.717, 1.165) is 12.1 Å². The molecule has 0 spiro atoms. The largest absolute Gasteiger partial charge is 0.416 e. The number of nitrogens with zero attached hydrogens (tertiary/aromatic N) is 3. The number of hydrogen-bond donors (Lipinski definition) is 0. The van der Waals surface area contributed by atoms with E-state index in [4.69, 9.17) is 11.6 Å². The number of carbonyl (C=O) groups excluding carboxylic acids is 1. The molecule has 2 aromatic rings. The topological polar surface area (TPSA) is 47.3 Å². The van der Waals surface area contributed by atoms with Crippen LogP contribution in [0.5, 0.6) is 0 Å². The highest BCUT2D eigenvalue weighted by Gasteiger charge is 2.32. The Morgan fingerprint density at radius 1 is 1.07 bits per heavy atom. The first kappa shape index (κ1) is 19.1. The Labute approximate surface area is 159 Å². The Kier molecular flexibility index (Phi) is 5.29. The number of hydrogen-bond acceptors (Lipinski definition) is 3. The van der Waals surface area contributed by atoms with Crippen LogP contribution in [0.25, 0.3) is 0 Å². The monoisotopic (exact) mass is 393 g/mol. The number of halogens is 4. The molecule has 27 heavy (non-hydrogen) atoms. The lowest BCUT2D eigenvalue weighted by molar-refractivity contribution is -0.137. The van der Waals surface area contributed by atoms with Gasteiger partial charge in [0.1, 0.15) is 6.07 Å². The fourth-order valence-corrected chi connectivity index (χ4v) is 3.37. The minimum Gasteiger partial charge on any atom is -0.366 e. The van der Waals surface area contributed by atoms with E-state index in [0.29, 0.717) is 42.5 Å². The highest BCUT2D eigenvalue weighted by Crippen LogP contribution is 2.31. The maximum Gasteiger partial charge on any atom is 0.416 e. The second-order valence-electron chi connectivity index (χ2n) is 6.11. The molecular weight excluding hydrogens is 379 g/mol. The first-order valence-corrected chi connectivity index (χ1v) is 8.59. The zero-order valence-electron chi connectivity index (χ0n) is 14.1. The van der Waals surface area contributed by atoms with E-state index in [1.54, 1.807) is 18.2 Å². The van der Waals surface area contributed by atoms with Crippen LogP contribution in [0.3, 0.4) is 0 Å². The first-order chi connectivity index (χ1) is 12.8. The van der Waals surface area contributed by atoms with Crippen molar-refractivity contribution in [2.24, 2.45) is 0 Å². The van der Waals surface area contributed by atoms with Crippen molar-refractivity contribution in [2.75, 3.05) is 31.1 Å². The zero-order valence-corrected chi connectivity index (χ0v) is 14.9. The maximum absolute atomic E-state index is 12.9. The summed E-state index contributed by atoms with van der Waals surface area (Å²) in [5.74, 6) is -0.444. The maximum atomic E-state index is 12.9. The number of anilines is 1. The lowest BCUT2D eigenvalue weighted by Gasteiger charge is -2.37. The molecule has 1 aliphatic heterocycles. The minimum absolute atomic E-state index is 0.00809. The third kappa shape index (κ3) is 4.01. The summed E-state index contributed by atoms with van der Waals surface area (Å²) in [6.07, 6.45) is -4.49. The van der Waals surface area contributed by atoms with Crippen LogP contribution in [-0.2, 0) is 6.18 Å². The Morgan fingerprint density at radius 2 is 1.74 bits per heavy atom. The molecule has 8 heteroatoms. The SMILES string of the molecule is N#Cc1cccc(Cl)c1N1CCN(C(=O)c2cccc(C(F)(F)F)c2)CC1. The van der Waals surface area contributed by atoms with Gasteiger partial charge in [0, 0.05) is 31.7 Å². The molecule has 0 bridgehead atoms. The van der Waals surface area contributed by atoms with Gasteiger partial charge in [-0.05, 0) is 30.3 Å². The summed E-state index contributed by atoms with van der Waals surface area (Å²) < 4.78 is 38.6. The van der Waals surface area contributed by atoms with Crippen molar-refractivity contribution in [3.8, 4) is 6.07 Å². The standard InChI is InChI=1S/C19H15ClF3N3O/c20-16-6-2-4-14(12-24)17(16)25-7-9-26(10-8-25)18(27)13-3-1-5-15(11-13)19(21,22)23/h1-6,11H,7-10H2. The third-order valence-electron chi connectivity index (χ3n) is 4.43. The summed E-state index contributed by atoms with van der Waals surface area (Å²) in [4.78, 5) is 16.0. The van der Waals surface area contributed by atoms with Crippen LogP contribution < -0.4 is 4.90 Å². The zero-order chi connectivity index (χ0) is 19.6. The predicted octanol–water partition coefficient (Wildman–Crippen LogP) is 4.19. The Hall–Kier alpha value is -2.72. The van der Waals surface area contributed by atoms with Crippen LogP contribution in [0.2, 0.25) is 5.02 Å². The number of alkyl halides is 3. The van der Waals surface area contributed by atoms with Gasteiger partial charge in [-0.2, -0.15) is 18.4 Å². The first-order valence-electron chi connectivity index (χ1n) is 8.21. The van der Waals surface area contributed by atoms with Crippen molar-refractivity contribution in [1.82, 2.24) is 4.90 Å². The Bertz CT molecular complexity index is 900. The van der Waals surface area contributed by atoms with Crippen LogP contribution in [-0.4, -0.2) is 37.0 Å². The molecule has 0 radical (unpaired) electrons. The average Bonchev–Trinajstić information content (AvgIpc) is 2.67. The van der Waals surface area contributed by atoms with Gasteiger partial charge >= 0.3 is 6.18 Å². The normalized spacial score (nSPS) is 14.8. The number of nitriles is 1. The van der Waals surface area contributed by atoms with Crippen LogP contribution >= 0.6 is 11.6 Å². The number of benzene rings is 2. The number of para-hydroxylation sites is 1. The molecule has 0 saturated carbocycles. The van der Waals surface area contributed by atoms with Crippen LogP contribution in [0.15, 0.2) is 42.5 Å².